The van der Waals surface area contributed by atoms with Crippen molar-refractivity contribution in [3.05, 3.63) is 75.3 Å². The first-order valence-corrected chi connectivity index (χ1v) is 9.69. The summed E-state index contributed by atoms with van der Waals surface area (Å²) in [4.78, 5) is 8.68. The lowest BCUT2D eigenvalue weighted by Gasteiger charge is -2.13. The van der Waals surface area contributed by atoms with E-state index in [1.807, 2.05) is 0 Å². The Bertz CT molecular complexity index is 911. The second-order valence-electron chi connectivity index (χ2n) is 7.23. The van der Waals surface area contributed by atoms with E-state index in [9.17, 15) is 0 Å². The van der Waals surface area contributed by atoms with E-state index in [1.165, 1.54) is 50.5 Å². The molecule has 0 aliphatic carbocycles. The molecular weight excluding hydrogens is 352 g/mol. The Balaban J connectivity index is 0.00000261. The molecule has 0 atom stereocenters. The van der Waals surface area contributed by atoms with Gasteiger partial charge in [0.05, 0.1) is 5.70 Å². The lowest BCUT2D eigenvalue weighted by Crippen LogP contribution is -1.98. The van der Waals surface area contributed by atoms with E-state index in [0.717, 1.165) is 25.0 Å². The predicted molar refractivity (Wildman–Crippen MR) is 120 cm³/mol. The Hall–Kier alpha value is -2.06. The zero-order chi connectivity index (χ0) is 18.8. The van der Waals surface area contributed by atoms with Crippen LogP contribution in [0.4, 0.5) is 0 Å². The average Bonchev–Trinajstić information content (AvgIpc) is 3.08. The zero-order valence-corrected chi connectivity index (χ0v) is 18.2. The molecule has 144 valence electrons. The molecule has 0 fully saturated rings. The zero-order valence-electron chi connectivity index (χ0n) is 17.4. The van der Waals surface area contributed by atoms with Crippen LogP contribution in [0, 0.1) is 13.8 Å². The Morgan fingerprint density at radius 3 is 2.15 bits per heavy atom. The largest absolute Gasteiger partial charge is 0.358 e. The van der Waals surface area contributed by atoms with Crippen LogP contribution >= 0.6 is 12.4 Å². The Kier molecular flexibility index (Phi) is 6.89. The number of nitrogens with zero attached hydrogens (tertiary/aromatic N) is 1. The Morgan fingerprint density at radius 2 is 1.63 bits per heavy atom. The first kappa shape index (κ1) is 21.2. The van der Waals surface area contributed by atoms with Crippen LogP contribution in [-0.4, -0.2) is 10.7 Å². The fourth-order valence-electron chi connectivity index (χ4n) is 4.26. The van der Waals surface area contributed by atoms with Crippen LogP contribution in [0.1, 0.15) is 62.2 Å². The van der Waals surface area contributed by atoms with Crippen molar-refractivity contribution in [2.75, 3.05) is 0 Å². The lowest BCUT2D eigenvalue weighted by atomic mass is 9.93. The number of hydrogen-bond donors (Lipinski definition) is 1. The number of H-pyrrole nitrogens is 1. The molecule has 1 aromatic carbocycles. The standard InChI is InChI=1S/C24H30N2.ClH/c1-7-20-15(3)23(25-17(20)5)22(14-19-12-10-9-11-13-19)24-16(4)21(8-2)18(6)26-24;/h9-13,25H,7-8,14H2,1-6H3;1H/b24-22-;. The SMILES string of the molecule is CCC1=C(C)/C(=C(\Cc2ccccc2)c2[nH]c(C)c(CC)c2C)N=C1C.Cl. The minimum Gasteiger partial charge on any atom is -0.358 e. The third kappa shape index (κ3) is 3.96. The van der Waals surface area contributed by atoms with E-state index in [0.29, 0.717) is 0 Å². The first-order chi connectivity index (χ1) is 12.5. The molecule has 2 aromatic rings. The van der Waals surface area contributed by atoms with Gasteiger partial charge < -0.3 is 4.98 Å². The second-order valence-corrected chi connectivity index (χ2v) is 7.23. The van der Waals surface area contributed by atoms with Gasteiger partial charge in [-0.05, 0) is 68.4 Å². The van der Waals surface area contributed by atoms with E-state index in [1.54, 1.807) is 0 Å². The number of aliphatic imine (C=N–C) groups is 1. The fraction of sp³-hybridized carbons (Fsp3) is 0.375. The molecule has 3 heteroatoms. The van der Waals surface area contributed by atoms with Crippen LogP contribution in [0.15, 0.2) is 52.2 Å². The molecular formula is C24H31ClN2. The molecule has 2 nitrogen and oxygen atoms in total. The third-order valence-electron chi connectivity index (χ3n) is 5.64. The van der Waals surface area contributed by atoms with Gasteiger partial charge in [0.1, 0.15) is 0 Å². The van der Waals surface area contributed by atoms with Gasteiger partial charge in [-0.1, -0.05) is 44.2 Å². The molecule has 0 unspecified atom stereocenters. The van der Waals surface area contributed by atoms with Gasteiger partial charge in [-0.25, -0.2) is 0 Å². The van der Waals surface area contributed by atoms with Crippen molar-refractivity contribution >= 4 is 23.7 Å². The minimum absolute atomic E-state index is 0. The van der Waals surface area contributed by atoms with Crippen LogP contribution in [0.25, 0.3) is 5.57 Å². The van der Waals surface area contributed by atoms with Crippen LogP contribution in [-0.2, 0) is 12.8 Å². The number of aromatic nitrogens is 1. The molecule has 3 rings (SSSR count). The Labute approximate surface area is 169 Å². The number of allylic oxidation sites excluding steroid dienone is 3. The van der Waals surface area contributed by atoms with E-state index in [-0.39, 0.29) is 12.4 Å². The predicted octanol–water partition coefficient (Wildman–Crippen LogP) is 6.77. The molecule has 27 heavy (non-hydrogen) atoms. The minimum atomic E-state index is 0. The topological polar surface area (TPSA) is 28.1 Å². The van der Waals surface area contributed by atoms with Crippen LogP contribution in [0.2, 0.25) is 0 Å². The fourth-order valence-corrected chi connectivity index (χ4v) is 4.26. The number of nitrogens with one attached hydrogen (secondary N) is 1. The van der Waals surface area contributed by atoms with Crippen molar-refractivity contribution in [2.45, 2.75) is 60.8 Å². The number of hydrogen-bond acceptors (Lipinski definition) is 1. The van der Waals surface area contributed by atoms with Gasteiger partial charge in [0, 0.05) is 29.1 Å². The van der Waals surface area contributed by atoms with E-state index < -0.39 is 0 Å². The first-order valence-electron chi connectivity index (χ1n) is 9.69. The van der Waals surface area contributed by atoms with Crippen molar-refractivity contribution < 1.29 is 0 Å². The third-order valence-corrected chi connectivity index (χ3v) is 5.64. The van der Waals surface area contributed by atoms with E-state index in [2.05, 4.69) is 76.9 Å². The molecule has 0 saturated carbocycles. The summed E-state index contributed by atoms with van der Waals surface area (Å²) in [6, 6.07) is 10.7. The maximum atomic E-state index is 5.00. The van der Waals surface area contributed by atoms with Gasteiger partial charge >= 0.3 is 0 Å². The molecule has 1 aliphatic rings. The highest BCUT2D eigenvalue weighted by atomic mass is 35.5. The number of aromatic amines is 1. The van der Waals surface area contributed by atoms with Gasteiger partial charge in [0.2, 0.25) is 0 Å². The summed E-state index contributed by atoms with van der Waals surface area (Å²) < 4.78 is 0. The van der Waals surface area contributed by atoms with Crippen LogP contribution in [0.5, 0.6) is 0 Å². The highest BCUT2D eigenvalue weighted by Crippen LogP contribution is 2.37. The Morgan fingerprint density at radius 1 is 0.963 bits per heavy atom. The van der Waals surface area contributed by atoms with Gasteiger partial charge in [0.25, 0.3) is 0 Å². The summed E-state index contributed by atoms with van der Waals surface area (Å²) in [5, 5.41) is 0. The molecule has 0 bridgehead atoms. The summed E-state index contributed by atoms with van der Waals surface area (Å²) in [6.45, 7) is 13.2. The summed E-state index contributed by atoms with van der Waals surface area (Å²) in [5.74, 6) is 0. The van der Waals surface area contributed by atoms with Gasteiger partial charge in [-0.2, -0.15) is 0 Å². The number of halogens is 1. The molecule has 0 spiro atoms. The lowest BCUT2D eigenvalue weighted by molar-refractivity contribution is 1.08. The highest BCUT2D eigenvalue weighted by molar-refractivity contribution is 6.04. The smallest absolute Gasteiger partial charge is 0.0721 e. The normalized spacial score (nSPS) is 15.7. The van der Waals surface area contributed by atoms with Crippen molar-refractivity contribution in [2.24, 2.45) is 4.99 Å². The summed E-state index contributed by atoms with van der Waals surface area (Å²) in [6.07, 6.45) is 2.98. The van der Waals surface area contributed by atoms with E-state index >= 15 is 0 Å². The van der Waals surface area contributed by atoms with Gasteiger partial charge in [-0.3, -0.25) is 4.99 Å². The molecule has 1 aromatic heterocycles. The van der Waals surface area contributed by atoms with Crippen LogP contribution in [0.3, 0.4) is 0 Å². The van der Waals surface area contributed by atoms with Crippen molar-refractivity contribution in [3.63, 3.8) is 0 Å². The molecule has 0 amide bonds. The van der Waals surface area contributed by atoms with Gasteiger partial charge in [-0.15, -0.1) is 12.4 Å². The molecule has 2 heterocycles. The number of aryl methyl sites for hydroxylation is 1. The number of rotatable bonds is 5. The number of benzene rings is 1. The van der Waals surface area contributed by atoms with Crippen LogP contribution < -0.4 is 0 Å². The quantitative estimate of drug-likeness (QED) is 0.590. The second kappa shape index (κ2) is 8.75. The van der Waals surface area contributed by atoms with Crippen molar-refractivity contribution in [1.82, 2.24) is 4.98 Å². The summed E-state index contributed by atoms with van der Waals surface area (Å²) in [5.41, 5.74) is 13.0. The molecule has 1 N–H and O–H groups in total. The van der Waals surface area contributed by atoms with Gasteiger partial charge in [0.15, 0.2) is 0 Å². The molecule has 0 radical (unpaired) electrons. The highest BCUT2D eigenvalue weighted by Gasteiger charge is 2.23. The monoisotopic (exact) mass is 382 g/mol. The summed E-state index contributed by atoms with van der Waals surface area (Å²) in [7, 11) is 0. The average molecular weight is 383 g/mol. The van der Waals surface area contributed by atoms with Crippen molar-refractivity contribution in [3.8, 4) is 0 Å². The maximum absolute atomic E-state index is 5.00. The van der Waals surface area contributed by atoms with E-state index in [4.69, 9.17) is 4.99 Å². The maximum Gasteiger partial charge on any atom is 0.0721 e. The molecule has 0 saturated heterocycles. The molecule has 1 aliphatic heterocycles. The van der Waals surface area contributed by atoms with Crippen molar-refractivity contribution in [1.29, 1.82) is 0 Å². The summed E-state index contributed by atoms with van der Waals surface area (Å²) >= 11 is 0.